The molecule has 20 heavy (non-hydrogen) atoms. The topological polar surface area (TPSA) is 62.7 Å². The number of ether oxygens (including phenoxy) is 1. The monoisotopic (exact) mass is 299 g/mol. The summed E-state index contributed by atoms with van der Waals surface area (Å²) >= 11 is 5.77. The summed E-state index contributed by atoms with van der Waals surface area (Å²) in [6.45, 7) is 0.676. The molecule has 0 atom stereocenters. The van der Waals surface area contributed by atoms with Crippen molar-refractivity contribution in [1.29, 1.82) is 0 Å². The smallest absolute Gasteiger partial charge is 0.254 e. The highest BCUT2D eigenvalue weighted by atomic mass is 35.5. The molecule has 0 aliphatic carbocycles. The molecule has 6 nitrogen and oxygen atoms in total. The number of likely N-dealkylation sites (N-methyl/N-ethyl adjacent to an activating group) is 1. The van der Waals surface area contributed by atoms with Crippen LogP contribution in [0.25, 0.3) is 0 Å². The highest BCUT2D eigenvalue weighted by Gasteiger charge is 2.19. The van der Waals surface area contributed by atoms with Gasteiger partial charge < -0.3 is 14.5 Å². The van der Waals surface area contributed by atoms with Crippen molar-refractivity contribution in [2.75, 3.05) is 40.9 Å². The third-order valence-corrected chi connectivity index (χ3v) is 2.86. The minimum Gasteiger partial charge on any atom is -0.383 e. The molecule has 1 rings (SSSR count). The van der Waals surface area contributed by atoms with Crippen LogP contribution in [0.1, 0.15) is 10.4 Å². The van der Waals surface area contributed by atoms with Crippen LogP contribution in [0.3, 0.4) is 0 Å². The lowest BCUT2D eigenvalue weighted by Gasteiger charge is -2.23. The van der Waals surface area contributed by atoms with Gasteiger partial charge in [-0.2, -0.15) is 0 Å². The van der Waals surface area contributed by atoms with Crippen LogP contribution in [0.15, 0.2) is 18.3 Å². The molecule has 0 saturated carbocycles. The third-order valence-electron chi connectivity index (χ3n) is 2.65. The number of carbonyl (C=O) groups is 2. The van der Waals surface area contributed by atoms with E-state index in [4.69, 9.17) is 16.3 Å². The van der Waals surface area contributed by atoms with E-state index in [2.05, 4.69) is 4.98 Å². The normalized spacial score (nSPS) is 10.2. The minimum atomic E-state index is -0.276. The lowest BCUT2D eigenvalue weighted by Crippen LogP contribution is -2.41. The maximum Gasteiger partial charge on any atom is 0.254 e. The number of carbonyl (C=O) groups excluding carboxylic acids is 2. The Labute approximate surface area is 123 Å². The summed E-state index contributed by atoms with van der Waals surface area (Å²) in [6, 6.07) is 3.04. The number of methoxy groups -OCH3 is 1. The standard InChI is InChI=1S/C13H18ClN3O3/c1-16(2)12(18)9-17(6-7-20-3)13(19)10-4-5-15-11(14)8-10/h4-5,8H,6-7,9H2,1-3H3. The molecule has 1 aromatic rings. The molecule has 0 N–H and O–H groups in total. The summed E-state index contributed by atoms with van der Waals surface area (Å²) in [4.78, 5) is 30.8. The summed E-state index contributed by atoms with van der Waals surface area (Å²) in [5.74, 6) is -0.434. The fourth-order valence-corrected chi connectivity index (χ4v) is 1.65. The lowest BCUT2D eigenvalue weighted by atomic mass is 10.2. The first-order valence-electron chi connectivity index (χ1n) is 6.05. The Hall–Kier alpha value is -1.66. The van der Waals surface area contributed by atoms with E-state index in [1.54, 1.807) is 27.3 Å². The zero-order chi connectivity index (χ0) is 15.1. The minimum absolute atomic E-state index is 0.00483. The molecule has 0 aromatic carbocycles. The third kappa shape index (κ3) is 4.79. The Morgan fingerprint density at radius 3 is 2.65 bits per heavy atom. The Kier molecular flexibility index (Phi) is 6.41. The van der Waals surface area contributed by atoms with E-state index in [-0.39, 0.29) is 23.5 Å². The highest BCUT2D eigenvalue weighted by Crippen LogP contribution is 2.10. The first kappa shape index (κ1) is 16.4. The van der Waals surface area contributed by atoms with Crippen molar-refractivity contribution in [3.63, 3.8) is 0 Å². The van der Waals surface area contributed by atoms with Gasteiger partial charge in [-0.05, 0) is 12.1 Å². The van der Waals surface area contributed by atoms with Crippen LogP contribution in [-0.4, -0.2) is 67.5 Å². The number of halogens is 1. The van der Waals surface area contributed by atoms with Crippen LogP contribution in [0.2, 0.25) is 5.15 Å². The first-order valence-corrected chi connectivity index (χ1v) is 6.43. The van der Waals surface area contributed by atoms with Gasteiger partial charge in [0.05, 0.1) is 6.61 Å². The van der Waals surface area contributed by atoms with E-state index in [1.165, 1.54) is 22.1 Å². The van der Waals surface area contributed by atoms with E-state index in [0.717, 1.165) is 0 Å². The summed E-state index contributed by atoms with van der Waals surface area (Å²) in [7, 11) is 4.83. The van der Waals surface area contributed by atoms with Gasteiger partial charge >= 0.3 is 0 Å². The second-order valence-electron chi connectivity index (χ2n) is 4.37. The van der Waals surface area contributed by atoms with Crippen molar-refractivity contribution < 1.29 is 14.3 Å². The van der Waals surface area contributed by atoms with E-state index in [9.17, 15) is 9.59 Å². The summed E-state index contributed by atoms with van der Waals surface area (Å²) in [5, 5.41) is 0.237. The number of aromatic nitrogens is 1. The number of pyridine rings is 1. The van der Waals surface area contributed by atoms with Gasteiger partial charge in [-0.3, -0.25) is 9.59 Å². The van der Waals surface area contributed by atoms with Gasteiger partial charge in [0.15, 0.2) is 0 Å². The predicted molar refractivity (Wildman–Crippen MR) is 75.7 cm³/mol. The molecule has 7 heteroatoms. The van der Waals surface area contributed by atoms with Crippen LogP contribution in [0.5, 0.6) is 0 Å². The molecular formula is C13H18ClN3O3. The maximum atomic E-state index is 12.4. The molecule has 2 amide bonds. The zero-order valence-corrected chi connectivity index (χ0v) is 12.6. The van der Waals surface area contributed by atoms with Gasteiger partial charge in [0.1, 0.15) is 11.7 Å². The maximum absolute atomic E-state index is 12.4. The summed E-state index contributed by atoms with van der Waals surface area (Å²) < 4.78 is 4.97. The van der Waals surface area contributed by atoms with Crippen molar-refractivity contribution >= 4 is 23.4 Å². The van der Waals surface area contributed by atoms with Crippen LogP contribution in [-0.2, 0) is 9.53 Å². The second kappa shape index (κ2) is 7.81. The summed E-state index contributed by atoms with van der Waals surface area (Å²) in [6.07, 6.45) is 1.46. The average molecular weight is 300 g/mol. The van der Waals surface area contributed by atoms with E-state index in [0.29, 0.717) is 18.7 Å². The molecule has 1 aromatic heterocycles. The van der Waals surface area contributed by atoms with E-state index < -0.39 is 0 Å². The lowest BCUT2D eigenvalue weighted by molar-refractivity contribution is -0.129. The van der Waals surface area contributed by atoms with Crippen LogP contribution in [0.4, 0.5) is 0 Å². The SMILES string of the molecule is COCCN(CC(=O)N(C)C)C(=O)c1ccnc(Cl)c1. The fourth-order valence-electron chi connectivity index (χ4n) is 1.48. The van der Waals surface area contributed by atoms with Crippen molar-refractivity contribution in [3.05, 3.63) is 29.0 Å². The number of nitrogens with zero attached hydrogens (tertiary/aromatic N) is 3. The van der Waals surface area contributed by atoms with Crippen LogP contribution >= 0.6 is 11.6 Å². The molecule has 0 fully saturated rings. The Morgan fingerprint density at radius 1 is 1.40 bits per heavy atom. The molecule has 1 heterocycles. The summed E-state index contributed by atoms with van der Waals surface area (Å²) in [5.41, 5.74) is 0.396. The van der Waals surface area contributed by atoms with E-state index >= 15 is 0 Å². The van der Waals surface area contributed by atoms with Crippen molar-refractivity contribution in [2.45, 2.75) is 0 Å². The molecule has 0 unspecified atom stereocenters. The van der Waals surface area contributed by atoms with Crippen molar-refractivity contribution in [1.82, 2.24) is 14.8 Å². The van der Waals surface area contributed by atoms with Gasteiger partial charge in [-0.1, -0.05) is 11.6 Å². The Morgan fingerprint density at radius 2 is 2.10 bits per heavy atom. The van der Waals surface area contributed by atoms with Gasteiger partial charge in [0.2, 0.25) is 5.91 Å². The van der Waals surface area contributed by atoms with Crippen molar-refractivity contribution in [2.24, 2.45) is 0 Å². The zero-order valence-electron chi connectivity index (χ0n) is 11.8. The van der Waals surface area contributed by atoms with Gasteiger partial charge in [0.25, 0.3) is 5.91 Å². The predicted octanol–water partition coefficient (Wildman–Crippen LogP) is 0.912. The molecule has 0 saturated heterocycles. The molecule has 0 spiro atoms. The molecule has 0 bridgehead atoms. The Bertz CT molecular complexity index is 480. The molecule has 110 valence electrons. The average Bonchev–Trinajstić information content (AvgIpc) is 2.42. The fraction of sp³-hybridized carbons (Fsp3) is 0.462. The highest BCUT2D eigenvalue weighted by molar-refractivity contribution is 6.29. The largest absolute Gasteiger partial charge is 0.383 e. The molecular weight excluding hydrogens is 282 g/mol. The van der Waals surface area contributed by atoms with Gasteiger partial charge in [0, 0.05) is 39.5 Å². The van der Waals surface area contributed by atoms with Gasteiger partial charge in [-0.15, -0.1) is 0 Å². The number of hydrogen-bond donors (Lipinski definition) is 0. The molecule has 0 aliphatic heterocycles. The second-order valence-corrected chi connectivity index (χ2v) is 4.76. The number of amides is 2. The van der Waals surface area contributed by atoms with Crippen LogP contribution in [0, 0.1) is 0 Å². The van der Waals surface area contributed by atoms with Gasteiger partial charge in [-0.25, -0.2) is 4.98 Å². The van der Waals surface area contributed by atoms with Crippen molar-refractivity contribution in [3.8, 4) is 0 Å². The van der Waals surface area contributed by atoms with E-state index in [1.807, 2.05) is 0 Å². The molecule has 0 radical (unpaired) electrons. The first-order chi connectivity index (χ1) is 9.45. The number of hydrogen-bond acceptors (Lipinski definition) is 4. The Balaban J connectivity index is 2.86. The molecule has 0 aliphatic rings. The number of rotatable bonds is 6. The quantitative estimate of drug-likeness (QED) is 0.733. The van der Waals surface area contributed by atoms with Crippen LogP contribution < -0.4 is 0 Å².